The molecule has 2 aliphatic heterocycles. The average molecular weight is 373 g/mol. The zero-order chi connectivity index (χ0) is 18.9. The molecule has 2 atom stereocenters. The molecule has 3 fully saturated rings. The minimum Gasteiger partial charge on any atom is -0.493 e. The summed E-state index contributed by atoms with van der Waals surface area (Å²) in [7, 11) is 0. The van der Waals surface area contributed by atoms with Gasteiger partial charge in [0, 0.05) is 37.2 Å². The molecular formula is C23H36N2O2. The van der Waals surface area contributed by atoms with Crippen molar-refractivity contribution < 1.29 is 9.47 Å². The molecule has 1 aliphatic carbocycles. The number of ether oxygens (including phenoxy) is 2. The van der Waals surface area contributed by atoms with Crippen molar-refractivity contribution in [1.82, 2.24) is 4.90 Å². The van der Waals surface area contributed by atoms with Crippen molar-refractivity contribution in [3.63, 3.8) is 0 Å². The van der Waals surface area contributed by atoms with Crippen LogP contribution in [0.1, 0.15) is 64.0 Å². The standard InChI is InChI=1S/C23H36N2O2/c1-23(2,24)19-11-12-26-22(13-19)18-7-9-21(10-8-18)27-16-17-14-25(15-17)20-5-3-4-6-20/h7-10,17,19-20,22H,3-6,11-16,24H2,1-2H3. The molecule has 0 aromatic heterocycles. The molecule has 150 valence electrons. The van der Waals surface area contributed by atoms with Crippen LogP contribution in [0.15, 0.2) is 24.3 Å². The van der Waals surface area contributed by atoms with Crippen LogP contribution in [0.2, 0.25) is 0 Å². The van der Waals surface area contributed by atoms with E-state index in [1.807, 2.05) is 0 Å². The Bertz CT molecular complexity index is 598. The average Bonchev–Trinajstić information content (AvgIpc) is 3.14. The third kappa shape index (κ3) is 4.67. The van der Waals surface area contributed by atoms with Crippen molar-refractivity contribution in [2.45, 2.75) is 70.1 Å². The highest BCUT2D eigenvalue weighted by molar-refractivity contribution is 5.29. The number of likely N-dealkylation sites (tertiary alicyclic amines) is 1. The van der Waals surface area contributed by atoms with E-state index in [4.69, 9.17) is 15.2 Å². The second-order valence-corrected chi connectivity index (χ2v) is 9.54. The van der Waals surface area contributed by atoms with Crippen LogP contribution in [0.4, 0.5) is 0 Å². The van der Waals surface area contributed by atoms with Gasteiger partial charge in [0.1, 0.15) is 5.75 Å². The number of hydrogen-bond donors (Lipinski definition) is 1. The summed E-state index contributed by atoms with van der Waals surface area (Å²) in [5.74, 6) is 2.18. The third-order valence-corrected chi connectivity index (χ3v) is 6.90. The highest BCUT2D eigenvalue weighted by Gasteiger charge is 2.34. The van der Waals surface area contributed by atoms with Crippen LogP contribution < -0.4 is 10.5 Å². The summed E-state index contributed by atoms with van der Waals surface area (Å²) < 4.78 is 12.1. The molecule has 0 bridgehead atoms. The Morgan fingerprint density at radius 3 is 2.48 bits per heavy atom. The smallest absolute Gasteiger partial charge is 0.119 e. The van der Waals surface area contributed by atoms with Crippen LogP contribution in [0.5, 0.6) is 5.75 Å². The molecule has 0 spiro atoms. The van der Waals surface area contributed by atoms with Crippen LogP contribution in [0, 0.1) is 11.8 Å². The maximum atomic E-state index is 6.33. The number of nitrogens with two attached hydrogens (primary N) is 1. The van der Waals surface area contributed by atoms with Gasteiger partial charge in [-0.15, -0.1) is 0 Å². The van der Waals surface area contributed by atoms with Gasteiger partial charge < -0.3 is 15.2 Å². The molecule has 0 amide bonds. The minimum absolute atomic E-state index is 0.139. The number of hydrogen-bond acceptors (Lipinski definition) is 4. The Balaban J connectivity index is 1.23. The molecule has 2 heterocycles. The van der Waals surface area contributed by atoms with Crippen molar-refractivity contribution in [2.24, 2.45) is 17.6 Å². The molecule has 2 N–H and O–H groups in total. The Labute approximate surface area is 164 Å². The van der Waals surface area contributed by atoms with Crippen LogP contribution in [0.3, 0.4) is 0 Å². The molecule has 4 heteroatoms. The number of nitrogens with zero attached hydrogens (tertiary/aromatic N) is 1. The second-order valence-electron chi connectivity index (χ2n) is 9.54. The van der Waals surface area contributed by atoms with Crippen molar-refractivity contribution in [2.75, 3.05) is 26.3 Å². The summed E-state index contributed by atoms with van der Waals surface area (Å²) >= 11 is 0. The fraction of sp³-hybridized carbons (Fsp3) is 0.739. The van der Waals surface area contributed by atoms with Crippen molar-refractivity contribution in [3.8, 4) is 5.75 Å². The lowest BCUT2D eigenvalue weighted by molar-refractivity contribution is -0.0249. The normalized spacial score (nSPS) is 28.3. The molecule has 1 saturated carbocycles. The molecule has 2 saturated heterocycles. The first-order chi connectivity index (χ1) is 13.0. The van der Waals surface area contributed by atoms with E-state index in [9.17, 15) is 0 Å². The van der Waals surface area contributed by atoms with Crippen LogP contribution in [0.25, 0.3) is 0 Å². The second kappa shape index (κ2) is 8.10. The molecule has 4 rings (SSSR count). The first-order valence-corrected chi connectivity index (χ1v) is 10.9. The van der Waals surface area contributed by atoms with Gasteiger partial charge in [0.2, 0.25) is 0 Å². The molecule has 0 radical (unpaired) electrons. The van der Waals surface area contributed by atoms with Gasteiger partial charge in [0.25, 0.3) is 0 Å². The summed E-state index contributed by atoms with van der Waals surface area (Å²) in [6, 6.07) is 9.39. The van der Waals surface area contributed by atoms with Crippen molar-refractivity contribution in [1.29, 1.82) is 0 Å². The summed E-state index contributed by atoms with van der Waals surface area (Å²) in [4.78, 5) is 2.65. The van der Waals surface area contributed by atoms with Gasteiger partial charge in [0.05, 0.1) is 12.7 Å². The fourth-order valence-corrected chi connectivity index (χ4v) is 4.98. The van der Waals surface area contributed by atoms with Crippen molar-refractivity contribution >= 4 is 0 Å². The van der Waals surface area contributed by atoms with E-state index < -0.39 is 0 Å². The van der Waals surface area contributed by atoms with Crippen LogP contribution in [-0.4, -0.2) is 42.8 Å². The molecular weight excluding hydrogens is 336 g/mol. The Morgan fingerprint density at radius 1 is 1.11 bits per heavy atom. The zero-order valence-electron chi connectivity index (χ0n) is 17.0. The first-order valence-electron chi connectivity index (χ1n) is 10.9. The van der Waals surface area contributed by atoms with E-state index in [0.29, 0.717) is 11.8 Å². The molecule has 3 aliphatic rings. The predicted molar refractivity (Wildman–Crippen MR) is 109 cm³/mol. The topological polar surface area (TPSA) is 47.7 Å². The fourth-order valence-electron chi connectivity index (χ4n) is 4.98. The lowest BCUT2D eigenvalue weighted by atomic mass is 9.79. The quantitative estimate of drug-likeness (QED) is 0.815. The van der Waals surface area contributed by atoms with E-state index in [2.05, 4.69) is 43.0 Å². The minimum atomic E-state index is -0.139. The molecule has 1 aromatic carbocycles. The zero-order valence-corrected chi connectivity index (χ0v) is 17.0. The van der Waals surface area contributed by atoms with Gasteiger partial charge in [0.15, 0.2) is 0 Å². The molecule has 2 unspecified atom stereocenters. The molecule has 27 heavy (non-hydrogen) atoms. The summed E-state index contributed by atoms with van der Waals surface area (Å²) in [6.07, 6.45) is 7.86. The van der Waals surface area contributed by atoms with E-state index in [1.165, 1.54) is 44.3 Å². The van der Waals surface area contributed by atoms with E-state index >= 15 is 0 Å². The van der Waals surface area contributed by atoms with Gasteiger partial charge in [-0.1, -0.05) is 25.0 Å². The van der Waals surface area contributed by atoms with Gasteiger partial charge >= 0.3 is 0 Å². The molecule has 1 aromatic rings. The summed E-state index contributed by atoms with van der Waals surface area (Å²) in [5.41, 5.74) is 7.44. The van der Waals surface area contributed by atoms with E-state index in [-0.39, 0.29) is 11.6 Å². The first kappa shape index (κ1) is 19.2. The number of rotatable bonds is 6. The lowest BCUT2D eigenvalue weighted by Crippen LogP contribution is -2.53. The Morgan fingerprint density at radius 2 is 1.81 bits per heavy atom. The molecule has 4 nitrogen and oxygen atoms in total. The Kier molecular flexibility index (Phi) is 5.77. The lowest BCUT2D eigenvalue weighted by Gasteiger charge is -2.43. The van der Waals surface area contributed by atoms with Crippen LogP contribution >= 0.6 is 0 Å². The summed E-state index contributed by atoms with van der Waals surface area (Å²) in [6.45, 7) is 8.33. The maximum absolute atomic E-state index is 6.33. The highest BCUT2D eigenvalue weighted by Crippen LogP contribution is 2.36. The SMILES string of the molecule is CC(C)(N)C1CCOC(c2ccc(OCC3CN(C4CCCC4)C3)cc2)C1. The van der Waals surface area contributed by atoms with E-state index in [1.54, 1.807) is 0 Å². The number of benzene rings is 1. The highest BCUT2D eigenvalue weighted by atomic mass is 16.5. The third-order valence-electron chi connectivity index (χ3n) is 6.90. The van der Waals surface area contributed by atoms with Crippen LogP contribution in [-0.2, 0) is 4.74 Å². The largest absolute Gasteiger partial charge is 0.493 e. The Hall–Kier alpha value is -1.10. The van der Waals surface area contributed by atoms with E-state index in [0.717, 1.165) is 37.8 Å². The van der Waals surface area contributed by atoms with Crippen molar-refractivity contribution in [3.05, 3.63) is 29.8 Å². The van der Waals surface area contributed by atoms with Gasteiger partial charge in [-0.25, -0.2) is 0 Å². The van der Waals surface area contributed by atoms with Gasteiger partial charge in [-0.3, -0.25) is 4.90 Å². The maximum Gasteiger partial charge on any atom is 0.119 e. The van der Waals surface area contributed by atoms with Gasteiger partial charge in [-0.2, -0.15) is 0 Å². The summed E-state index contributed by atoms with van der Waals surface area (Å²) in [5, 5.41) is 0. The predicted octanol–water partition coefficient (Wildman–Crippen LogP) is 4.14. The monoisotopic (exact) mass is 372 g/mol. The van der Waals surface area contributed by atoms with Gasteiger partial charge in [-0.05, 0) is 63.1 Å².